The van der Waals surface area contributed by atoms with Crippen LogP contribution in [0.5, 0.6) is 0 Å². The van der Waals surface area contributed by atoms with E-state index in [0.29, 0.717) is 15.5 Å². The summed E-state index contributed by atoms with van der Waals surface area (Å²) < 4.78 is 23.5. The van der Waals surface area contributed by atoms with Crippen LogP contribution in [0.3, 0.4) is 0 Å². The van der Waals surface area contributed by atoms with Crippen molar-refractivity contribution >= 4 is 54.9 Å². The summed E-state index contributed by atoms with van der Waals surface area (Å²) in [5.41, 5.74) is 0.699. The zero-order valence-corrected chi connectivity index (χ0v) is 17.7. The number of primary sulfonamides is 1. The molecule has 0 bridgehead atoms. The second-order valence-corrected chi connectivity index (χ2v) is 9.32. The first kappa shape index (κ1) is 21.3. The maximum Gasteiger partial charge on any atom is 0.263 e. The minimum Gasteiger partial charge on any atom is -0.348 e. The molecule has 3 rings (SSSR count). The first-order chi connectivity index (χ1) is 13.7. The van der Waals surface area contributed by atoms with E-state index >= 15 is 0 Å². The molecule has 0 saturated carbocycles. The number of amides is 2. The van der Waals surface area contributed by atoms with Gasteiger partial charge in [-0.2, -0.15) is 0 Å². The molecule has 1 atom stereocenters. The summed E-state index contributed by atoms with van der Waals surface area (Å²) in [5.74, 6) is -0.810. The van der Waals surface area contributed by atoms with Gasteiger partial charge in [0.15, 0.2) is 0 Å². The third-order valence-corrected chi connectivity index (χ3v) is 6.84. The van der Waals surface area contributed by atoms with Crippen molar-refractivity contribution in [2.24, 2.45) is 5.14 Å². The Morgan fingerprint density at radius 2 is 1.79 bits per heavy atom. The molecule has 29 heavy (non-hydrogen) atoms. The highest BCUT2D eigenvalue weighted by Gasteiger charge is 2.18. The number of hydrogen-bond acceptors (Lipinski definition) is 5. The van der Waals surface area contributed by atoms with Crippen LogP contribution in [0, 0.1) is 0 Å². The summed E-state index contributed by atoms with van der Waals surface area (Å²) in [7, 11) is -3.77. The minimum absolute atomic E-state index is 0.00717. The SMILES string of the molecule is C[C@H](NC(=O)CNC(=O)c1sc2ccccc2c1Cl)c1ccc(S(N)(=O)=O)cc1. The van der Waals surface area contributed by atoms with Crippen LogP contribution in [0.15, 0.2) is 53.4 Å². The molecule has 0 aliphatic carbocycles. The van der Waals surface area contributed by atoms with Crippen molar-refractivity contribution in [3.63, 3.8) is 0 Å². The quantitative estimate of drug-likeness (QED) is 0.533. The van der Waals surface area contributed by atoms with Crippen molar-refractivity contribution in [2.75, 3.05) is 6.54 Å². The van der Waals surface area contributed by atoms with Gasteiger partial charge < -0.3 is 10.6 Å². The molecule has 0 spiro atoms. The van der Waals surface area contributed by atoms with Crippen LogP contribution in [0.2, 0.25) is 5.02 Å². The molecule has 3 aromatic rings. The summed E-state index contributed by atoms with van der Waals surface area (Å²) >= 11 is 7.54. The lowest BCUT2D eigenvalue weighted by atomic mass is 10.1. The van der Waals surface area contributed by atoms with E-state index in [-0.39, 0.29) is 17.5 Å². The summed E-state index contributed by atoms with van der Waals surface area (Å²) in [4.78, 5) is 24.9. The highest BCUT2D eigenvalue weighted by molar-refractivity contribution is 7.89. The fourth-order valence-electron chi connectivity index (χ4n) is 2.72. The van der Waals surface area contributed by atoms with Gasteiger partial charge in [-0.1, -0.05) is 41.9 Å². The number of thiophene rings is 1. The van der Waals surface area contributed by atoms with E-state index in [9.17, 15) is 18.0 Å². The second kappa shape index (κ2) is 8.50. The largest absolute Gasteiger partial charge is 0.348 e. The number of nitrogens with two attached hydrogens (primary N) is 1. The molecule has 1 heterocycles. The molecule has 2 amide bonds. The molecule has 0 fully saturated rings. The first-order valence-electron chi connectivity index (χ1n) is 8.54. The number of benzene rings is 2. The van der Waals surface area contributed by atoms with Crippen molar-refractivity contribution in [2.45, 2.75) is 17.9 Å². The van der Waals surface area contributed by atoms with E-state index in [1.807, 2.05) is 24.3 Å². The van der Waals surface area contributed by atoms with Gasteiger partial charge in [0.25, 0.3) is 5.91 Å². The van der Waals surface area contributed by atoms with Crippen LogP contribution in [-0.4, -0.2) is 26.8 Å². The fourth-order valence-corrected chi connectivity index (χ4v) is 4.67. The van der Waals surface area contributed by atoms with Crippen LogP contribution in [-0.2, 0) is 14.8 Å². The summed E-state index contributed by atoms with van der Waals surface area (Å²) in [6.07, 6.45) is 0. The second-order valence-electron chi connectivity index (χ2n) is 6.33. The number of halogens is 1. The maximum absolute atomic E-state index is 12.4. The molecule has 1 aromatic heterocycles. The van der Waals surface area contributed by atoms with Gasteiger partial charge >= 0.3 is 0 Å². The molecule has 2 aromatic carbocycles. The Morgan fingerprint density at radius 1 is 1.14 bits per heavy atom. The third kappa shape index (κ3) is 4.94. The average molecular weight is 452 g/mol. The number of hydrogen-bond donors (Lipinski definition) is 3. The zero-order valence-electron chi connectivity index (χ0n) is 15.3. The summed E-state index contributed by atoms with van der Waals surface area (Å²) in [6.45, 7) is 1.53. The van der Waals surface area contributed by atoms with E-state index in [0.717, 1.165) is 10.1 Å². The zero-order chi connectivity index (χ0) is 21.2. The molecule has 0 radical (unpaired) electrons. The monoisotopic (exact) mass is 451 g/mol. The molecular weight excluding hydrogens is 434 g/mol. The molecule has 7 nitrogen and oxygen atoms in total. The Labute approximate surface area is 176 Å². The molecule has 152 valence electrons. The van der Waals surface area contributed by atoms with Gasteiger partial charge in [-0.3, -0.25) is 9.59 Å². The number of carbonyl (C=O) groups excluding carboxylic acids is 2. The number of fused-ring (bicyclic) bond motifs is 1. The fraction of sp³-hybridized carbons (Fsp3) is 0.158. The van der Waals surface area contributed by atoms with Crippen LogP contribution in [0.4, 0.5) is 0 Å². The van der Waals surface area contributed by atoms with Gasteiger partial charge in [0.1, 0.15) is 4.88 Å². The van der Waals surface area contributed by atoms with E-state index in [2.05, 4.69) is 10.6 Å². The van der Waals surface area contributed by atoms with Gasteiger partial charge in [0, 0.05) is 10.1 Å². The molecule has 0 aliphatic rings. The molecule has 0 saturated heterocycles. The van der Waals surface area contributed by atoms with Gasteiger partial charge in [-0.25, -0.2) is 13.6 Å². The Bertz CT molecular complexity index is 1170. The number of nitrogens with one attached hydrogen (secondary N) is 2. The predicted molar refractivity (Wildman–Crippen MR) is 114 cm³/mol. The first-order valence-corrected chi connectivity index (χ1v) is 11.3. The van der Waals surface area contributed by atoms with Crippen molar-refractivity contribution in [3.05, 3.63) is 64.0 Å². The van der Waals surface area contributed by atoms with Crippen molar-refractivity contribution < 1.29 is 18.0 Å². The van der Waals surface area contributed by atoms with Gasteiger partial charge in [-0.05, 0) is 30.7 Å². The smallest absolute Gasteiger partial charge is 0.263 e. The standard InChI is InChI=1S/C19H18ClN3O4S2/c1-11(12-6-8-13(9-7-12)29(21,26)27)23-16(24)10-22-19(25)18-17(20)14-4-2-3-5-15(14)28-18/h2-9,11H,10H2,1H3,(H,22,25)(H,23,24)(H2,21,26,27)/t11-/m0/s1. The molecule has 0 unspecified atom stereocenters. The van der Waals surface area contributed by atoms with Gasteiger partial charge in [0.05, 0.1) is 22.5 Å². The predicted octanol–water partition coefficient (Wildman–Crippen LogP) is 2.81. The third-order valence-electron chi connectivity index (χ3n) is 4.24. The summed E-state index contributed by atoms with van der Waals surface area (Å²) in [5, 5.41) is 11.5. The van der Waals surface area contributed by atoms with Gasteiger partial charge in [0.2, 0.25) is 15.9 Å². The van der Waals surface area contributed by atoms with E-state index in [4.69, 9.17) is 16.7 Å². The molecule has 4 N–H and O–H groups in total. The van der Waals surface area contributed by atoms with E-state index in [1.165, 1.54) is 23.5 Å². The lowest BCUT2D eigenvalue weighted by molar-refractivity contribution is -0.120. The summed E-state index contributed by atoms with van der Waals surface area (Å²) in [6, 6.07) is 12.9. The van der Waals surface area contributed by atoms with Crippen LogP contribution < -0.4 is 15.8 Å². The van der Waals surface area contributed by atoms with Crippen molar-refractivity contribution in [1.29, 1.82) is 0 Å². The van der Waals surface area contributed by atoms with Crippen molar-refractivity contribution in [3.8, 4) is 0 Å². The Morgan fingerprint density at radius 3 is 2.41 bits per heavy atom. The Balaban J connectivity index is 1.59. The van der Waals surface area contributed by atoms with Gasteiger partial charge in [-0.15, -0.1) is 11.3 Å². The van der Waals surface area contributed by atoms with E-state index in [1.54, 1.807) is 19.1 Å². The normalized spacial score (nSPS) is 12.5. The number of rotatable bonds is 6. The Kier molecular flexibility index (Phi) is 6.23. The molecule has 10 heteroatoms. The molecule has 0 aliphatic heterocycles. The maximum atomic E-state index is 12.4. The molecular formula is C19H18ClN3O4S2. The van der Waals surface area contributed by atoms with Crippen LogP contribution in [0.25, 0.3) is 10.1 Å². The number of sulfonamides is 1. The lowest BCUT2D eigenvalue weighted by Crippen LogP contribution is -2.37. The minimum atomic E-state index is -3.77. The van der Waals surface area contributed by atoms with E-state index < -0.39 is 21.8 Å². The topological polar surface area (TPSA) is 118 Å². The Hall–Kier alpha value is -2.46. The van der Waals surface area contributed by atoms with Crippen LogP contribution >= 0.6 is 22.9 Å². The van der Waals surface area contributed by atoms with Crippen LogP contribution in [0.1, 0.15) is 28.2 Å². The van der Waals surface area contributed by atoms with Crippen molar-refractivity contribution in [1.82, 2.24) is 10.6 Å². The highest BCUT2D eigenvalue weighted by atomic mass is 35.5. The highest BCUT2D eigenvalue weighted by Crippen LogP contribution is 2.34. The average Bonchev–Trinajstić information content (AvgIpc) is 3.02. The lowest BCUT2D eigenvalue weighted by Gasteiger charge is -2.15. The number of carbonyl (C=O) groups is 2.